The van der Waals surface area contributed by atoms with E-state index in [1.165, 1.54) is 6.07 Å². The van der Waals surface area contributed by atoms with E-state index in [9.17, 15) is 13.2 Å². The van der Waals surface area contributed by atoms with Gasteiger partial charge in [0.2, 0.25) is 0 Å². The zero-order chi connectivity index (χ0) is 10.7. The Bertz CT molecular complexity index is 387. The summed E-state index contributed by atoms with van der Waals surface area (Å²) < 4.78 is 37.7. The maximum Gasteiger partial charge on any atom is 0.268 e. The van der Waals surface area contributed by atoms with Crippen LogP contribution in [0.4, 0.5) is 13.2 Å². The molecule has 1 aromatic heterocycles. The number of halogens is 3. The molecule has 1 N–H and O–H groups in total. The molecule has 0 fully saturated rings. The molecule has 0 aromatic carbocycles. The van der Waals surface area contributed by atoms with E-state index in [-0.39, 0.29) is 0 Å². The van der Waals surface area contributed by atoms with Gasteiger partial charge in [-0.25, -0.2) is 13.2 Å². The van der Waals surface area contributed by atoms with Crippen LogP contribution in [0.25, 0.3) is 0 Å². The highest BCUT2D eigenvalue weighted by Crippen LogP contribution is 2.26. The van der Waals surface area contributed by atoms with E-state index in [0.717, 1.165) is 6.20 Å². The molecule has 14 heavy (non-hydrogen) atoms. The number of aliphatic hydroxyl groups excluding tert-OH is 1. The first-order valence-electron chi connectivity index (χ1n) is 3.58. The molecule has 0 saturated carbocycles. The lowest BCUT2D eigenvalue weighted by Crippen LogP contribution is -2.03. The van der Waals surface area contributed by atoms with Gasteiger partial charge >= 0.3 is 0 Å². The Morgan fingerprint density at radius 1 is 1.57 bits per heavy atom. The van der Waals surface area contributed by atoms with Crippen LogP contribution in [-0.2, 0) is 6.61 Å². The van der Waals surface area contributed by atoms with E-state index in [2.05, 4.69) is 4.98 Å². The highest BCUT2D eigenvalue weighted by Gasteiger charge is 2.21. The van der Waals surface area contributed by atoms with Gasteiger partial charge < -0.3 is 5.11 Å². The number of hydrogen-bond acceptors (Lipinski definition) is 3. The Balaban J connectivity index is 3.41. The van der Waals surface area contributed by atoms with Gasteiger partial charge in [0.1, 0.15) is 11.8 Å². The van der Waals surface area contributed by atoms with Crippen molar-refractivity contribution in [3.05, 3.63) is 28.8 Å². The predicted molar refractivity (Wildman–Crippen MR) is 39.8 cm³/mol. The maximum absolute atomic E-state index is 13.1. The molecule has 0 spiro atoms. The lowest BCUT2D eigenvalue weighted by atomic mass is 10.1. The summed E-state index contributed by atoms with van der Waals surface area (Å²) in [5.74, 6) is -1.32. The number of hydrogen-bond donors (Lipinski definition) is 1. The van der Waals surface area contributed by atoms with E-state index in [1.54, 1.807) is 0 Å². The fourth-order valence-electron chi connectivity index (χ4n) is 0.955. The average Bonchev–Trinajstić information content (AvgIpc) is 2.16. The van der Waals surface area contributed by atoms with Gasteiger partial charge in [0.05, 0.1) is 17.7 Å². The molecule has 0 aliphatic heterocycles. The molecule has 0 unspecified atom stereocenters. The van der Waals surface area contributed by atoms with Gasteiger partial charge in [-0.3, -0.25) is 4.98 Å². The van der Waals surface area contributed by atoms with E-state index in [1.807, 2.05) is 0 Å². The molecule has 1 aromatic rings. The largest absolute Gasteiger partial charge is 0.390 e. The smallest absolute Gasteiger partial charge is 0.268 e. The van der Waals surface area contributed by atoms with Gasteiger partial charge in [0.25, 0.3) is 6.43 Å². The Morgan fingerprint density at radius 2 is 2.21 bits per heavy atom. The number of nitriles is 1. The molecular weight excluding hydrogens is 197 g/mol. The second kappa shape index (κ2) is 4.07. The van der Waals surface area contributed by atoms with Gasteiger partial charge in [-0.2, -0.15) is 5.26 Å². The summed E-state index contributed by atoms with van der Waals surface area (Å²) in [7, 11) is 0. The lowest BCUT2D eigenvalue weighted by Gasteiger charge is -2.06. The highest BCUT2D eigenvalue weighted by molar-refractivity contribution is 5.38. The van der Waals surface area contributed by atoms with E-state index < -0.39 is 35.7 Å². The number of pyridine rings is 1. The van der Waals surface area contributed by atoms with Crippen LogP contribution < -0.4 is 0 Å². The molecule has 1 heterocycles. The lowest BCUT2D eigenvalue weighted by molar-refractivity contribution is 0.144. The van der Waals surface area contributed by atoms with Crippen LogP contribution in [0.5, 0.6) is 0 Å². The van der Waals surface area contributed by atoms with Crippen molar-refractivity contribution < 1.29 is 18.3 Å². The molecule has 0 aliphatic carbocycles. The third-order valence-electron chi connectivity index (χ3n) is 1.62. The van der Waals surface area contributed by atoms with Crippen molar-refractivity contribution in [1.29, 1.82) is 5.26 Å². The van der Waals surface area contributed by atoms with Crippen molar-refractivity contribution in [1.82, 2.24) is 4.98 Å². The summed E-state index contributed by atoms with van der Waals surface area (Å²) in [4.78, 5) is 3.33. The van der Waals surface area contributed by atoms with Crippen molar-refractivity contribution in [3.8, 4) is 6.07 Å². The van der Waals surface area contributed by atoms with Crippen LogP contribution in [0.3, 0.4) is 0 Å². The van der Waals surface area contributed by atoms with E-state index >= 15 is 0 Å². The second-order valence-corrected chi connectivity index (χ2v) is 2.42. The van der Waals surface area contributed by atoms with Crippen molar-refractivity contribution in [2.24, 2.45) is 0 Å². The molecule has 74 valence electrons. The molecule has 0 bridgehead atoms. The zero-order valence-electron chi connectivity index (χ0n) is 6.84. The van der Waals surface area contributed by atoms with Crippen molar-refractivity contribution in [2.75, 3.05) is 0 Å². The molecule has 1 rings (SSSR count). The SMILES string of the molecule is N#Cc1cnc(CO)c(F)c1C(F)F. The summed E-state index contributed by atoms with van der Waals surface area (Å²) in [5.41, 5.74) is -2.01. The molecule has 0 atom stereocenters. The van der Waals surface area contributed by atoms with Gasteiger partial charge in [-0.1, -0.05) is 0 Å². The molecule has 6 heteroatoms. The Labute approximate surface area is 77.4 Å². The quantitative estimate of drug-likeness (QED) is 0.790. The van der Waals surface area contributed by atoms with Gasteiger partial charge in [0, 0.05) is 6.20 Å². The normalized spacial score (nSPS) is 10.3. The summed E-state index contributed by atoms with van der Waals surface area (Å²) in [6.45, 7) is -0.780. The third-order valence-corrected chi connectivity index (χ3v) is 1.62. The fourth-order valence-corrected chi connectivity index (χ4v) is 0.955. The number of rotatable bonds is 2. The zero-order valence-corrected chi connectivity index (χ0v) is 6.84. The van der Waals surface area contributed by atoms with Crippen LogP contribution >= 0.6 is 0 Å². The molecular formula is C8H5F3N2O. The van der Waals surface area contributed by atoms with Crippen LogP contribution in [0.2, 0.25) is 0 Å². The van der Waals surface area contributed by atoms with Gasteiger partial charge in [0.15, 0.2) is 5.82 Å². The van der Waals surface area contributed by atoms with E-state index in [0.29, 0.717) is 0 Å². The number of alkyl halides is 2. The standard InChI is InChI=1S/C8H5F3N2O/c9-7-5(3-14)13-2-4(1-12)6(7)8(10)11/h2,8,14H,3H2. The molecule has 3 nitrogen and oxygen atoms in total. The molecule has 0 saturated heterocycles. The van der Waals surface area contributed by atoms with Crippen LogP contribution in [0, 0.1) is 17.1 Å². The monoisotopic (exact) mass is 202 g/mol. The molecule has 0 aliphatic rings. The Morgan fingerprint density at radius 3 is 2.64 bits per heavy atom. The summed E-state index contributed by atoms with van der Waals surface area (Å²) in [6, 6.07) is 1.40. The van der Waals surface area contributed by atoms with Gasteiger partial charge in [-0.15, -0.1) is 0 Å². The first-order chi connectivity index (χ1) is 6.61. The summed E-state index contributed by atoms with van der Waals surface area (Å²) in [5, 5.41) is 17.0. The summed E-state index contributed by atoms with van der Waals surface area (Å²) in [6.07, 6.45) is -2.28. The Hall–Kier alpha value is -1.61. The minimum absolute atomic E-state index is 0.487. The first kappa shape index (κ1) is 10.5. The van der Waals surface area contributed by atoms with Crippen molar-refractivity contribution in [2.45, 2.75) is 13.0 Å². The van der Waals surface area contributed by atoms with Crippen LogP contribution in [0.15, 0.2) is 6.20 Å². The van der Waals surface area contributed by atoms with Crippen molar-refractivity contribution >= 4 is 0 Å². The van der Waals surface area contributed by atoms with Crippen LogP contribution in [0.1, 0.15) is 23.2 Å². The van der Waals surface area contributed by atoms with E-state index in [4.69, 9.17) is 10.4 Å². The second-order valence-electron chi connectivity index (χ2n) is 2.42. The topological polar surface area (TPSA) is 56.9 Å². The number of aromatic nitrogens is 1. The van der Waals surface area contributed by atoms with Crippen molar-refractivity contribution in [3.63, 3.8) is 0 Å². The van der Waals surface area contributed by atoms with Crippen LogP contribution in [-0.4, -0.2) is 10.1 Å². The minimum Gasteiger partial charge on any atom is -0.390 e. The third kappa shape index (κ3) is 1.67. The first-order valence-corrected chi connectivity index (χ1v) is 3.58. The number of aliphatic hydroxyl groups is 1. The Kier molecular flexibility index (Phi) is 3.04. The number of nitrogens with zero attached hydrogens (tertiary/aromatic N) is 2. The maximum atomic E-state index is 13.1. The molecule has 0 radical (unpaired) electrons. The highest BCUT2D eigenvalue weighted by atomic mass is 19.3. The molecule has 0 amide bonds. The predicted octanol–water partition coefficient (Wildman–Crippen LogP) is 1.52. The minimum atomic E-state index is -3.10. The average molecular weight is 202 g/mol. The fraction of sp³-hybridized carbons (Fsp3) is 0.250. The van der Waals surface area contributed by atoms with Gasteiger partial charge in [-0.05, 0) is 0 Å². The summed E-state index contributed by atoms with van der Waals surface area (Å²) >= 11 is 0.